The first kappa shape index (κ1) is 31.6. The summed E-state index contributed by atoms with van der Waals surface area (Å²) in [6, 6.07) is 21.1. The molecule has 0 bridgehead atoms. The number of halogens is 1. The van der Waals surface area contributed by atoms with E-state index in [0.717, 1.165) is 41.0 Å². The molecule has 1 fully saturated rings. The van der Waals surface area contributed by atoms with Crippen LogP contribution in [0.5, 0.6) is 0 Å². The number of nitrogens with zero attached hydrogens (tertiary/aromatic N) is 2. The minimum atomic E-state index is -1.43. The van der Waals surface area contributed by atoms with E-state index in [-0.39, 0.29) is 30.1 Å². The number of aliphatic hydroxyl groups excluding tert-OH is 1. The summed E-state index contributed by atoms with van der Waals surface area (Å²) < 4.78 is 13.4. The number of imidazole rings is 1. The number of benzene rings is 3. The van der Waals surface area contributed by atoms with Crippen molar-refractivity contribution in [2.45, 2.75) is 57.1 Å². The summed E-state index contributed by atoms with van der Waals surface area (Å²) >= 11 is 0. The normalized spacial score (nSPS) is 16.9. The van der Waals surface area contributed by atoms with Gasteiger partial charge in [0.2, 0.25) is 5.91 Å². The lowest BCUT2D eigenvalue weighted by Crippen LogP contribution is -2.55. The van der Waals surface area contributed by atoms with Crippen LogP contribution in [0.25, 0.3) is 0 Å². The van der Waals surface area contributed by atoms with Crippen molar-refractivity contribution in [3.05, 3.63) is 119 Å². The number of carboxylic acids is 2. The van der Waals surface area contributed by atoms with Crippen LogP contribution < -0.4 is 4.90 Å². The average Bonchev–Trinajstić information content (AvgIpc) is 3.56. The smallest absolute Gasteiger partial charge is 0.317 e. The van der Waals surface area contributed by atoms with Gasteiger partial charge in [-0.05, 0) is 85.0 Å². The van der Waals surface area contributed by atoms with E-state index in [4.69, 9.17) is 10.2 Å². The molecule has 3 atom stereocenters. The minimum Gasteiger partial charge on any atom is -0.481 e. The zero-order valence-electron chi connectivity index (χ0n) is 24.7. The number of aromatic amines is 1. The van der Waals surface area contributed by atoms with Crippen LogP contribution in [0.3, 0.4) is 0 Å². The van der Waals surface area contributed by atoms with Crippen molar-refractivity contribution in [1.29, 1.82) is 0 Å². The Labute approximate surface area is 260 Å². The molecule has 0 aliphatic carbocycles. The number of H-pyrrole nitrogens is 1. The number of aliphatic carboxylic acids is 2. The van der Waals surface area contributed by atoms with Crippen LogP contribution in [0.4, 0.5) is 10.1 Å². The molecular formula is C35H36FN3O6. The molecule has 4 aromatic rings. The highest BCUT2D eigenvalue weighted by atomic mass is 19.1. The van der Waals surface area contributed by atoms with Crippen LogP contribution >= 0.6 is 0 Å². The molecule has 1 amide bonds. The molecule has 5 rings (SSSR count). The quantitative estimate of drug-likeness (QED) is 0.100. The Kier molecular flexibility index (Phi) is 10.0. The highest BCUT2D eigenvalue weighted by Gasteiger charge is 2.48. The van der Waals surface area contributed by atoms with Gasteiger partial charge < -0.3 is 25.2 Å². The van der Waals surface area contributed by atoms with Crippen molar-refractivity contribution in [3.8, 4) is 0 Å². The fourth-order valence-corrected chi connectivity index (χ4v) is 5.95. The lowest BCUT2D eigenvalue weighted by molar-refractivity contribution is -0.154. The number of rotatable bonds is 15. The maximum atomic E-state index is 13.6. The number of carbonyl (C=O) groups excluding carboxylic acids is 1. The SMILES string of the molecule is O=C(O)C(CCCc1ccc([C@@H]2[C@@H](CC[C@H](O)c3ccc(F)cc3)C(=O)N2c2ccc(CCc3ncc[nH]3)cc2)cc1)C(=O)O. The summed E-state index contributed by atoms with van der Waals surface area (Å²) in [5, 5.41) is 29.0. The minimum absolute atomic E-state index is 0.0350. The summed E-state index contributed by atoms with van der Waals surface area (Å²) in [7, 11) is 0. The molecule has 2 heterocycles. The number of aromatic nitrogens is 2. The molecule has 234 valence electrons. The Balaban J connectivity index is 1.29. The topological polar surface area (TPSA) is 144 Å². The molecule has 10 heteroatoms. The van der Waals surface area contributed by atoms with Crippen LogP contribution in [0.2, 0.25) is 0 Å². The molecule has 45 heavy (non-hydrogen) atoms. The van der Waals surface area contributed by atoms with E-state index >= 15 is 0 Å². The number of carboxylic acid groups (broad SMARTS) is 2. The fourth-order valence-electron chi connectivity index (χ4n) is 5.95. The number of aryl methyl sites for hydroxylation is 3. The van der Waals surface area contributed by atoms with Gasteiger partial charge in [-0.2, -0.15) is 0 Å². The van der Waals surface area contributed by atoms with Gasteiger partial charge in [-0.25, -0.2) is 9.37 Å². The first-order chi connectivity index (χ1) is 21.7. The van der Waals surface area contributed by atoms with Gasteiger partial charge in [0.15, 0.2) is 5.92 Å². The molecule has 1 aliphatic heterocycles. The second-order valence-corrected chi connectivity index (χ2v) is 11.5. The van der Waals surface area contributed by atoms with E-state index in [2.05, 4.69) is 9.97 Å². The van der Waals surface area contributed by atoms with Crippen molar-refractivity contribution in [2.24, 2.45) is 11.8 Å². The fraction of sp³-hybridized carbons (Fsp3) is 0.314. The predicted octanol–water partition coefficient (Wildman–Crippen LogP) is 5.66. The Morgan fingerprint density at radius 2 is 1.51 bits per heavy atom. The molecular weight excluding hydrogens is 577 g/mol. The molecule has 0 spiro atoms. The Morgan fingerprint density at radius 1 is 0.867 bits per heavy atom. The lowest BCUT2D eigenvalue weighted by Gasteiger charge is -2.48. The van der Waals surface area contributed by atoms with Crippen molar-refractivity contribution in [1.82, 2.24) is 9.97 Å². The first-order valence-electron chi connectivity index (χ1n) is 15.1. The zero-order chi connectivity index (χ0) is 31.9. The summed E-state index contributed by atoms with van der Waals surface area (Å²) in [6.45, 7) is 0. The summed E-state index contributed by atoms with van der Waals surface area (Å²) in [6.07, 6.45) is 6.01. The van der Waals surface area contributed by atoms with Crippen molar-refractivity contribution >= 4 is 23.5 Å². The van der Waals surface area contributed by atoms with Crippen molar-refractivity contribution < 1.29 is 34.1 Å². The van der Waals surface area contributed by atoms with Gasteiger partial charge in [0.05, 0.1) is 18.1 Å². The highest BCUT2D eigenvalue weighted by molar-refractivity contribution is 6.03. The van der Waals surface area contributed by atoms with E-state index < -0.39 is 24.0 Å². The number of aliphatic hydroxyl groups is 1. The molecule has 1 aliphatic rings. The lowest BCUT2D eigenvalue weighted by atomic mass is 9.78. The Hall–Kier alpha value is -4.83. The molecule has 0 saturated carbocycles. The number of hydrogen-bond donors (Lipinski definition) is 4. The third-order valence-corrected chi connectivity index (χ3v) is 8.52. The van der Waals surface area contributed by atoms with E-state index in [1.165, 1.54) is 12.1 Å². The van der Waals surface area contributed by atoms with Gasteiger partial charge in [-0.1, -0.05) is 48.5 Å². The van der Waals surface area contributed by atoms with Gasteiger partial charge in [0.25, 0.3) is 0 Å². The first-order valence-corrected chi connectivity index (χ1v) is 15.1. The predicted molar refractivity (Wildman–Crippen MR) is 165 cm³/mol. The second kappa shape index (κ2) is 14.3. The largest absolute Gasteiger partial charge is 0.481 e. The molecule has 1 aromatic heterocycles. The van der Waals surface area contributed by atoms with Crippen LogP contribution in [0, 0.1) is 17.7 Å². The summed E-state index contributed by atoms with van der Waals surface area (Å²) in [4.78, 5) is 45.1. The maximum Gasteiger partial charge on any atom is 0.317 e. The van der Waals surface area contributed by atoms with Gasteiger partial charge in [0, 0.05) is 24.5 Å². The van der Waals surface area contributed by atoms with Crippen LogP contribution in [0.1, 0.15) is 65.9 Å². The van der Waals surface area contributed by atoms with Gasteiger partial charge in [-0.3, -0.25) is 14.4 Å². The number of nitrogens with one attached hydrogen (secondary N) is 1. The number of β-lactam (4-membered cyclic amide) rings is 1. The van der Waals surface area contributed by atoms with E-state index in [0.29, 0.717) is 31.2 Å². The third kappa shape index (κ3) is 7.64. The zero-order valence-corrected chi connectivity index (χ0v) is 24.7. The number of amides is 1. The van der Waals surface area contributed by atoms with E-state index in [1.807, 2.05) is 48.5 Å². The molecule has 0 radical (unpaired) electrons. The van der Waals surface area contributed by atoms with Crippen molar-refractivity contribution in [3.63, 3.8) is 0 Å². The molecule has 4 N–H and O–H groups in total. The van der Waals surface area contributed by atoms with Gasteiger partial charge in [-0.15, -0.1) is 0 Å². The molecule has 1 saturated heterocycles. The standard InChI is InChI=1S/C35H36FN3O6/c36-26-13-11-24(12-14-26)30(40)18-17-28-32(25-9-4-22(5-10-25)2-1-3-29(34(42)43)35(44)45)39(33(28)41)27-15-6-23(7-16-27)8-19-31-37-20-21-38-31/h4-7,9-16,20-21,28-30,32,40H,1-3,8,17-19H2,(H,37,38)(H,42,43)(H,44,45)/t28-,30+,32-/m1/s1. The summed E-state index contributed by atoms with van der Waals surface area (Å²) in [5.74, 6) is -3.97. The summed E-state index contributed by atoms with van der Waals surface area (Å²) in [5.41, 5.74) is 4.36. The van der Waals surface area contributed by atoms with E-state index in [1.54, 1.807) is 29.4 Å². The monoisotopic (exact) mass is 613 g/mol. The number of anilines is 1. The maximum absolute atomic E-state index is 13.6. The van der Waals surface area contributed by atoms with Crippen molar-refractivity contribution in [2.75, 3.05) is 4.90 Å². The Bertz CT molecular complexity index is 1580. The van der Waals surface area contributed by atoms with Gasteiger partial charge >= 0.3 is 11.9 Å². The average molecular weight is 614 g/mol. The molecule has 3 aromatic carbocycles. The van der Waals surface area contributed by atoms with Crippen LogP contribution in [-0.2, 0) is 33.6 Å². The highest BCUT2D eigenvalue weighted by Crippen LogP contribution is 2.46. The van der Waals surface area contributed by atoms with Crippen LogP contribution in [-0.4, -0.2) is 43.1 Å². The third-order valence-electron chi connectivity index (χ3n) is 8.52. The van der Waals surface area contributed by atoms with Crippen LogP contribution in [0.15, 0.2) is 85.2 Å². The second-order valence-electron chi connectivity index (χ2n) is 11.5. The van der Waals surface area contributed by atoms with Gasteiger partial charge in [0.1, 0.15) is 11.6 Å². The number of hydrogen-bond acceptors (Lipinski definition) is 5. The Morgan fingerprint density at radius 3 is 2.13 bits per heavy atom. The number of carbonyl (C=O) groups is 3. The molecule has 0 unspecified atom stereocenters. The molecule has 9 nitrogen and oxygen atoms in total. The van der Waals surface area contributed by atoms with E-state index in [9.17, 15) is 23.9 Å².